The number of benzene rings is 1. The Morgan fingerprint density at radius 1 is 1.52 bits per heavy atom. The van der Waals surface area contributed by atoms with E-state index in [1.165, 1.54) is 9.80 Å². The van der Waals surface area contributed by atoms with E-state index in [0.29, 0.717) is 18.0 Å². The minimum Gasteiger partial charge on any atom is -0.478 e. The van der Waals surface area contributed by atoms with Gasteiger partial charge in [0.25, 0.3) is 0 Å². The number of carboxylic acid groups (broad SMARTS) is 1. The number of ether oxygens (including phenoxy) is 1. The Morgan fingerprint density at radius 3 is 2.86 bits per heavy atom. The van der Waals surface area contributed by atoms with E-state index >= 15 is 0 Å². The van der Waals surface area contributed by atoms with Gasteiger partial charge in [-0.2, -0.15) is 0 Å². The van der Waals surface area contributed by atoms with Crippen LogP contribution in [0.15, 0.2) is 24.3 Å². The first kappa shape index (κ1) is 14.7. The molecule has 6 heteroatoms. The quantitative estimate of drug-likeness (QED) is 0.854. The van der Waals surface area contributed by atoms with Crippen molar-refractivity contribution in [1.29, 1.82) is 0 Å². The molecule has 1 aromatic carbocycles. The van der Waals surface area contributed by atoms with Gasteiger partial charge in [0, 0.05) is 6.54 Å². The molecular formula is C15H16N2O4. The number of para-hydroxylation sites is 2. The Labute approximate surface area is 122 Å². The highest BCUT2D eigenvalue weighted by molar-refractivity contribution is 5.95. The number of nitrogens with zero attached hydrogens (tertiary/aromatic N) is 2. The molecule has 1 N–H and O–H groups in total. The van der Waals surface area contributed by atoms with Crippen LogP contribution in [-0.2, 0) is 4.79 Å². The summed E-state index contributed by atoms with van der Waals surface area (Å²) in [4.78, 5) is 26.6. The first-order valence-corrected chi connectivity index (χ1v) is 6.56. The molecule has 1 aromatic rings. The summed E-state index contributed by atoms with van der Waals surface area (Å²) in [7, 11) is 0. The van der Waals surface area contributed by atoms with Crippen LogP contribution in [0.5, 0.6) is 5.75 Å². The molecule has 0 radical (unpaired) electrons. The van der Waals surface area contributed by atoms with Crippen molar-refractivity contribution in [1.82, 2.24) is 4.90 Å². The molecule has 2 rings (SSSR count). The fraction of sp³-hybridized carbons (Fsp3) is 0.333. The zero-order valence-corrected chi connectivity index (χ0v) is 11.7. The van der Waals surface area contributed by atoms with Crippen LogP contribution in [0, 0.1) is 12.3 Å². The van der Waals surface area contributed by atoms with E-state index in [9.17, 15) is 9.59 Å². The lowest BCUT2D eigenvalue weighted by Crippen LogP contribution is -2.51. The Morgan fingerprint density at radius 2 is 2.24 bits per heavy atom. The lowest BCUT2D eigenvalue weighted by atomic mass is 10.2. The summed E-state index contributed by atoms with van der Waals surface area (Å²) in [6.45, 7) is 2.38. The van der Waals surface area contributed by atoms with Crippen molar-refractivity contribution in [3.05, 3.63) is 24.3 Å². The molecule has 0 spiro atoms. The Kier molecular flexibility index (Phi) is 4.33. The maximum Gasteiger partial charge on any atom is 0.346 e. The molecule has 0 aliphatic carbocycles. The smallest absolute Gasteiger partial charge is 0.346 e. The predicted molar refractivity (Wildman–Crippen MR) is 77.3 cm³/mol. The molecule has 1 aliphatic rings. The lowest BCUT2D eigenvalue weighted by Gasteiger charge is -2.35. The van der Waals surface area contributed by atoms with E-state index in [1.807, 2.05) is 6.92 Å². The highest BCUT2D eigenvalue weighted by Gasteiger charge is 2.35. The molecule has 1 aliphatic heterocycles. The number of fused-ring (bicyclic) bond motifs is 1. The third kappa shape index (κ3) is 2.92. The minimum atomic E-state index is -1.11. The van der Waals surface area contributed by atoms with E-state index in [0.717, 1.165) is 0 Å². The van der Waals surface area contributed by atoms with Gasteiger partial charge in [-0.1, -0.05) is 18.1 Å². The highest BCUT2D eigenvalue weighted by atomic mass is 16.5. The van der Waals surface area contributed by atoms with Gasteiger partial charge in [0.2, 0.25) is 6.10 Å². The van der Waals surface area contributed by atoms with Gasteiger partial charge in [0.05, 0.1) is 18.8 Å². The second-order valence-corrected chi connectivity index (χ2v) is 4.52. The summed E-state index contributed by atoms with van der Waals surface area (Å²) in [5, 5.41) is 9.15. The van der Waals surface area contributed by atoms with Gasteiger partial charge in [0.1, 0.15) is 5.75 Å². The first-order chi connectivity index (χ1) is 10.1. The first-order valence-electron chi connectivity index (χ1n) is 6.56. The number of terminal acetylenes is 1. The summed E-state index contributed by atoms with van der Waals surface area (Å²) in [6, 6.07) is 6.53. The Bertz CT molecular complexity index is 594. The number of carbonyl (C=O) groups excluding carboxylic acids is 1. The number of carboxylic acids is 1. The van der Waals surface area contributed by atoms with Gasteiger partial charge in [0.15, 0.2) is 0 Å². The third-order valence-electron chi connectivity index (χ3n) is 3.21. The van der Waals surface area contributed by atoms with Gasteiger partial charge in [-0.15, -0.1) is 6.42 Å². The van der Waals surface area contributed by atoms with Crippen molar-refractivity contribution in [3.8, 4) is 18.1 Å². The standard InChI is InChI=1S/C15H16N2O4/c1-3-9-16(4-2)15(20)17-10-13(14(18)19)21-12-8-6-5-7-11(12)17/h1,5-8,13H,4,9-10H2,2H3,(H,18,19). The molecule has 0 bridgehead atoms. The number of anilines is 1. The molecule has 21 heavy (non-hydrogen) atoms. The molecule has 110 valence electrons. The van der Waals surface area contributed by atoms with Crippen molar-refractivity contribution in [2.24, 2.45) is 0 Å². The van der Waals surface area contributed by atoms with Crippen LogP contribution in [0.3, 0.4) is 0 Å². The predicted octanol–water partition coefficient (Wildman–Crippen LogP) is 1.41. The number of amides is 2. The number of hydrogen-bond donors (Lipinski definition) is 1. The largest absolute Gasteiger partial charge is 0.478 e. The number of hydrogen-bond acceptors (Lipinski definition) is 3. The molecule has 0 saturated heterocycles. The van der Waals surface area contributed by atoms with Crippen LogP contribution in [0.2, 0.25) is 0 Å². The van der Waals surface area contributed by atoms with Crippen molar-refractivity contribution in [2.45, 2.75) is 13.0 Å². The normalized spacial score (nSPS) is 16.4. The molecule has 2 amide bonds. The van der Waals surface area contributed by atoms with Crippen molar-refractivity contribution < 1.29 is 19.4 Å². The molecule has 0 aromatic heterocycles. The van der Waals surface area contributed by atoms with Crippen LogP contribution in [-0.4, -0.2) is 47.7 Å². The third-order valence-corrected chi connectivity index (χ3v) is 3.21. The summed E-state index contributed by atoms with van der Waals surface area (Å²) >= 11 is 0. The average Bonchev–Trinajstić information content (AvgIpc) is 2.50. The van der Waals surface area contributed by atoms with Gasteiger partial charge in [-0.3, -0.25) is 4.90 Å². The van der Waals surface area contributed by atoms with Crippen LogP contribution in [0.1, 0.15) is 6.92 Å². The van der Waals surface area contributed by atoms with Crippen LogP contribution in [0.25, 0.3) is 0 Å². The second-order valence-electron chi connectivity index (χ2n) is 4.52. The number of aliphatic carboxylic acids is 1. The molecule has 1 unspecified atom stereocenters. The maximum absolute atomic E-state index is 12.6. The fourth-order valence-electron chi connectivity index (χ4n) is 2.14. The van der Waals surface area contributed by atoms with Gasteiger partial charge >= 0.3 is 12.0 Å². The zero-order valence-electron chi connectivity index (χ0n) is 11.7. The summed E-state index contributed by atoms with van der Waals surface area (Å²) in [5.41, 5.74) is 0.551. The van der Waals surface area contributed by atoms with E-state index in [2.05, 4.69) is 5.92 Å². The molecule has 1 heterocycles. The van der Waals surface area contributed by atoms with E-state index in [1.54, 1.807) is 24.3 Å². The highest BCUT2D eigenvalue weighted by Crippen LogP contribution is 2.33. The molecular weight excluding hydrogens is 272 g/mol. The molecule has 0 fully saturated rings. The fourth-order valence-corrected chi connectivity index (χ4v) is 2.14. The van der Waals surface area contributed by atoms with Crippen LogP contribution >= 0.6 is 0 Å². The minimum absolute atomic E-state index is 0.0494. The zero-order chi connectivity index (χ0) is 15.4. The second kappa shape index (κ2) is 6.18. The van der Waals surface area contributed by atoms with E-state index in [4.69, 9.17) is 16.3 Å². The van der Waals surface area contributed by atoms with E-state index < -0.39 is 12.1 Å². The van der Waals surface area contributed by atoms with Crippen LogP contribution < -0.4 is 9.64 Å². The van der Waals surface area contributed by atoms with Crippen LogP contribution in [0.4, 0.5) is 10.5 Å². The SMILES string of the molecule is C#CCN(CC)C(=O)N1CC(C(=O)O)Oc2ccccc21. The number of rotatable bonds is 3. The Balaban J connectivity index is 2.35. The number of urea groups is 1. The monoisotopic (exact) mass is 288 g/mol. The Hall–Kier alpha value is -2.68. The summed E-state index contributed by atoms with van der Waals surface area (Å²) in [5.74, 6) is 1.69. The summed E-state index contributed by atoms with van der Waals surface area (Å²) in [6.07, 6.45) is 4.17. The van der Waals surface area contributed by atoms with Gasteiger partial charge < -0.3 is 14.7 Å². The van der Waals surface area contributed by atoms with Gasteiger partial charge in [-0.25, -0.2) is 9.59 Å². The topological polar surface area (TPSA) is 70.1 Å². The van der Waals surface area contributed by atoms with Crippen molar-refractivity contribution >= 4 is 17.7 Å². The maximum atomic E-state index is 12.6. The molecule has 0 saturated carbocycles. The lowest BCUT2D eigenvalue weighted by molar-refractivity contribution is -0.144. The van der Waals surface area contributed by atoms with Gasteiger partial charge in [-0.05, 0) is 19.1 Å². The molecule has 1 atom stereocenters. The van der Waals surface area contributed by atoms with Crippen molar-refractivity contribution in [3.63, 3.8) is 0 Å². The van der Waals surface area contributed by atoms with Crippen molar-refractivity contribution in [2.75, 3.05) is 24.5 Å². The number of carbonyl (C=O) groups is 2. The summed E-state index contributed by atoms with van der Waals surface area (Å²) < 4.78 is 5.39. The van der Waals surface area contributed by atoms with E-state index in [-0.39, 0.29) is 19.1 Å². The average molecular weight is 288 g/mol. The molecule has 6 nitrogen and oxygen atoms in total.